The van der Waals surface area contributed by atoms with Crippen molar-refractivity contribution in [2.24, 2.45) is 11.8 Å². The van der Waals surface area contributed by atoms with Crippen LogP contribution < -0.4 is 5.32 Å². The maximum atomic E-state index is 3.79. The highest BCUT2D eigenvalue weighted by atomic mass is 32.2. The summed E-state index contributed by atoms with van der Waals surface area (Å²) in [5.41, 5.74) is 1.32. The molecule has 2 saturated carbocycles. The molecule has 3 atom stereocenters. The fourth-order valence-electron chi connectivity index (χ4n) is 2.94. The summed E-state index contributed by atoms with van der Waals surface area (Å²) in [6.07, 6.45) is 6.22. The van der Waals surface area contributed by atoms with Gasteiger partial charge in [-0.3, -0.25) is 0 Å². The first-order valence-corrected chi connectivity index (χ1v) is 7.46. The molecule has 0 heterocycles. The van der Waals surface area contributed by atoms with Crippen LogP contribution in [-0.2, 0) is 0 Å². The Hall–Kier alpha value is -0.890. The van der Waals surface area contributed by atoms with Gasteiger partial charge in [-0.2, -0.15) is 0 Å². The summed E-state index contributed by atoms with van der Waals surface area (Å²) in [6, 6.07) is 9.38. The van der Waals surface area contributed by atoms with Gasteiger partial charge in [0.1, 0.15) is 0 Å². The molecule has 0 amide bonds. The van der Waals surface area contributed by atoms with Gasteiger partial charge in [-0.15, -0.1) is 18.3 Å². The number of hydrogen-bond acceptors (Lipinski definition) is 2. The highest BCUT2D eigenvalue weighted by Crippen LogP contribution is 2.52. The first-order valence-electron chi connectivity index (χ1n) is 6.47. The van der Waals surface area contributed by atoms with Crippen LogP contribution in [0.1, 0.15) is 19.3 Å². The molecule has 0 bridgehead atoms. The van der Waals surface area contributed by atoms with Gasteiger partial charge >= 0.3 is 0 Å². The summed E-state index contributed by atoms with van der Waals surface area (Å²) in [5.74, 6) is 2.99. The van der Waals surface area contributed by atoms with Crippen molar-refractivity contribution in [3.63, 3.8) is 0 Å². The molecule has 1 aromatic rings. The van der Waals surface area contributed by atoms with Crippen LogP contribution in [0, 0.1) is 11.8 Å². The van der Waals surface area contributed by atoms with E-state index in [0.29, 0.717) is 0 Å². The van der Waals surface area contributed by atoms with E-state index in [0.717, 1.165) is 23.6 Å². The van der Waals surface area contributed by atoms with Crippen LogP contribution in [-0.4, -0.2) is 11.8 Å². The zero-order valence-electron chi connectivity index (χ0n) is 10.1. The summed E-state index contributed by atoms with van der Waals surface area (Å²) in [6.45, 7) is 3.79. The van der Waals surface area contributed by atoms with Gasteiger partial charge in [-0.25, -0.2) is 0 Å². The molecular formula is C15H19NS. The van der Waals surface area contributed by atoms with Gasteiger partial charge in [-0.05, 0) is 43.2 Å². The van der Waals surface area contributed by atoms with Crippen molar-refractivity contribution in [3.8, 4) is 0 Å². The van der Waals surface area contributed by atoms with Gasteiger partial charge < -0.3 is 5.32 Å². The van der Waals surface area contributed by atoms with Gasteiger partial charge in [0, 0.05) is 22.4 Å². The van der Waals surface area contributed by atoms with Crippen LogP contribution in [0.4, 0.5) is 5.69 Å². The van der Waals surface area contributed by atoms with E-state index in [-0.39, 0.29) is 0 Å². The second-order valence-corrected chi connectivity index (χ2v) is 6.15. The first kappa shape index (κ1) is 11.2. The van der Waals surface area contributed by atoms with Crippen LogP contribution in [0.2, 0.25) is 0 Å². The van der Waals surface area contributed by atoms with Crippen LogP contribution in [0.3, 0.4) is 0 Å². The molecule has 17 heavy (non-hydrogen) atoms. The Kier molecular flexibility index (Phi) is 3.15. The Balaban J connectivity index is 1.70. The maximum Gasteiger partial charge on any atom is 0.0480 e. The van der Waals surface area contributed by atoms with E-state index in [4.69, 9.17) is 0 Å². The number of anilines is 1. The Morgan fingerprint density at radius 1 is 1.35 bits per heavy atom. The number of para-hydroxylation sites is 1. The third kappa shape index (κ3) is 2.37. The number of rotatable bonds is 5. The second kappa shape index (κ2) is 4.77. The standard InChI is InChI=1S/C15H19NS/c1-2-9-17-15-6-4-3-5-14(15)16-13-8-7-11-10-12(11)13/h2-6,11-13,16H,1,7-10H2. The molecule has 0 saturated heterocycles. The highest BCUT2D eigenvalue weighted by molar-refractivity contribution is 7.99. The SMILES string of the molecule is C=CCSc1ccccc1NC1CCC2CC21. The maximum absolute atomic E-state index is 3.79. The summed E-state index contributed by atoms with van der Waals surface area (Å²) in [4.78, 5) is 1.36. The summed E-state index contributed by atoms with van der Waals surface area (Å²) in [5, 5.41) is 3.75. The van der Waals surface area contributed by atoms with E-state index < -0.39 is 0 Å². The molecule has 1 N–H and O–H groups in total. The molecule has 0 aromatic heterocycles. The van der Waals surface area contributed by atoms with Crippen LogP contribution in [0.15, 0.2) is 41.8 Å². The number of hydrogen-bond donors (Lipinski definition) is 1. The zero-order chi connectivity index (χ0) is 11.7. The van der Waals surface area contributed by atoms with Crippen molar-refractivity contribution in [3.05, 3.63) is 36.9 Å². The van der Waals surface area contributed by atoms with Crippen molar-refractivity contribution >= 4 is 17.4 Å². The highest BCUT2D eigenvalue weighted by Gasteiger charge is 2.47. The lowest BCUT2D eigenvalue weighted by Gasteiger charge is -2.18. The predicted molar refractivity (Wildman–Crippen MR) is 75.6 cm³/mol. The third-order valence-corrected chi connectivity index (χ3v) is 5.00. The smallest absolute Gasteiger partial charge is 0.0480 e. The number of thioether (sulfide) groups is 1. The molecular weight excluding hydrogens is 226 g/mol. The average molecular weight is 245 g/mol. The number of benzene rings is 1. The molecule has 2 aliphatic rings. The molecule has 3 rings (SSSR count). The van der Waals surface area contributed by atoms with Crippen LogP contribution in [0.5, 0.6) is 0 Å². The van der Waals surface area contributed by atoms with Gasteiger partial charge in [0.2, 0.25) is 0 Å². The van der Waals surface area contributed by atoms with E-state index in [2.05, 4.69) is 36.2 Å². The molecule has 2 heteroatoms. The van der Waals surface area contributed by atoms with E-state index in [9.17, 15) is 0 Å². The molecule has 90 valence electrons. The van der Waals surface area contributed by atoms with Crippen molar-refractivity contribution in [1.82, 2.24) is 0 Å². The summed E-state index contributed by atoms with van der Waals surface area (Å²) >= 11 is 1.86. The lowest BCUT2D eigenvalue weighted by atomic mass is 10.1. The summed E-state index contributed by atoms with van der Waals surface area (Å²) in [7, 11) is 0. The van der Waals surface area contributed by atoms with Crippen LogP contribution in [0.25, 0.3) is 0 Å². The second-order valence-electron chi connectivity index (χ2n) is 5.08. The monoisotopic (exact) mass is 245 g/mol. The van der Waals surface area contributed by atoms with E-state index >= 15 is 0 Å². The van der Waals surface area contributed by atoms with Crippen molar-refractivity contribution in [1.29, 1.82) is 0 Å². The predicted octanol–water partition coefficient (Wildman–Crippen LogP) is 4.18. The van der Waals surface area contributed by atoms with Crippen LogP contribution >= 0.6 is 11.8 Å². The summed E-state index contributed by atoms with van der Waals surface area (Å²) < 4.78 is 0. The molecule has 2 fully saturated rings. The Labute approximate surface area is 108 Å². The topological polar surface area (TPSA) is 12.0 Å². The van der Waals surface area contributed by atoms with Gasteiger partial charge in [0.25, 0.3) is 0 Å². The quantitative estimate of drug-likeness (QED) is 0.617. The van der Waals surface area contributed by atoms with Gasteiger partial charge in [0.15, 0.2) is 0 Å². The fraction of sp³-hybridized carbons (Fsp3) is 0.467. The number of fused-ring (bicyclic) bond motifs is 1. The van der Waals surface area contributed by atoms with E-state index in [1.807, 2.05) is 17.8 Å². The van der Waals surface area contributed by atoms with Crippen molar-refractivity contribution in [2.45, 2.75) is 30.2 Å². The largest absolute Gasteiger partial charge is 0.381 e. The molecule has 0 radical (unpaired) electrons. The molecule has 0 aliphatic heterocycles. The number of nitrogens with one attached hydrogen (secondary N) is 1. The molecule has 1 nitrogen and oxygen atoms in total. The van der Waals surface area contributed by atoms with E-state index in [1.54, 1.807) is 0 Å². The minimum atomic E-state index is 0.727. The lowest BCUT2D eigenvalue weighted by Crippen LogP contribution is -2.19. The first-order chi connectivity index (χ1) is 8.38. The van der Waals surface area contributed by atoms with Crippen molar-refractivity contribution in [2.75, 3.05) is 11.1 Å². The fourth-order valence-corrected chi connectivity index (χ4v) is 3.70. The Bertz CT molecular complexity index is 415. The normalized spacial score (nSPS) is 29.8. The molecule has 2 aliphatic carbocycles. The molecule has 3 unspecified atom stereocenters. The minimum Gasteiger partial charge on any atom is -0.381 e. The third-order valence-electron chi connectivity index (χ3n) is 3.93. The zero-order valence-corrected chi connectivity index (χ0v) is 10.9. The Morgan fingerprint density at radius 3 is 2.94 bits per heavy atom. The van der Waals surface area contributed by atoms with Gasteiger partial charge in [0.05, 0.1) is 0 Å². The van der Waals surface area contributed by atoms with Crippen molar-refractivity contribution < 1.29 is 0 Å². The lowest BCUT2D eigenvalue weighted by molar-refractivity contribution is 0.653. The Morgan fingerprint density at radius 2 is 2.24 bits per heavy atom. The molecule has 0 spiro atoms. The average Bonchev–Trinajstić information content (AvgIpc) is 3.05. The molecule has 1 aromatic carbocycles. The van der Waals surface area contributed by atoms with Gasteiger partial charge in [-0.1, -0.05) is 18.2 Å². The van der Waals surface area contributed by atoms with E-state index in [1.165, 1.54) is 29.8 Å². The minimum absolute atomic E-state index is 0.727.